The molecule has 2 unspecified atom stereocenters. The van der Waals surface area contributed by atoms with E-state index in [0.29, 0.717) is 0 Å². The van der Waals surface area contributed by atoms with Crippen LogP contribution in [0.5, 0.6) is 0 Å². The highest BCUT2D eigenvalue weighted by atomic mass is 16.5. The van der Waals surface area contributed by atoms with Crippen LogP contribution in [0.3, 0.4) is 0 Å². The van der Waals surface area contributed by atoms with Crippen LogP contribution in [-0.4, -0.2) is 24.8 Å². The summed E-state index contributed by atoms with van der Waals surface area (Å²) in [5.74, 6) is 0. The lowest BCUT2D eigenvalue weighted by Crippen LogP contribution is -2.52. The fourth-order valence-electron chi connectivity index (χ4n) is 2.64. The smallest absolute Gasteiger partial charge is 0.0805 e. The Labute approximate surface area is 110 Å². The van der Waals surface area contributed by atoms with Crippen molar-refractivity contribution >= 4 is 5.69 Å². The average molecular weight is 248 g/mol. The van der Waals surface area contributed by atoms with Crippen LogP contribution in [0.15, 0.2) is 24.3 Å². The second-order valence-electron chi connectivity index (χ2n) is 5.95. The Hall–Kier alpha value is -1.06. The van der Waals surface area contributed by atoms with Crippen molar-refractivity contribution in [2.24, 2.45) is 5.73 Å². The molecule has 1 heterocycles. The first-order chi connectivity index (χ1) is 8.37. The lowest BCUT2D eigenvalue weighted by atomic mass is 10.0. The number of hydrogen-bond acceptors (Lipinski definition) is 3. The summed E-state index contributed by atoms with van der Waals surface area (Å²) in [5, 5.41) is 0. The van der Waals surface area contributed by atoms with Gasteiger partial charge in [-0.15, -0.1) is 0 Å². The molecule has 0 aliphatic carbocycles. The molecule has 100 valence electrons. The molecule has 0 saturated carbocycles. The third kappa shape index (κ3) is 3.03. The summed E-state index contributed by atoms with van der Waals surface area (Å²) in [6.45, 7) is 10.3. The summed E-state index contributed by atoms with van der Waals surface area (Å²) in [4.78, 5) is 2.39. The van der Waals surface area contributed by atoms with E-state index < -0.39 is 0 Å². The average Bonchev–Trinajstić information content (AvgIpc) is 2.26. The summed E-state index contributed by atoms with van der Waals surface area (Å²) in [7, 11) is 0. The molecule has 1 aliphatic heterocycles. The molecule has 2 atom stereocenters. The Morgan fingerprint density at radius 3 is 2.44 bits per heavy atom. The van der Waals surface area contributed by atoms with Crippen LogP contribution in [0.2, 0.25) is 0 Å². The molecule has 2 N–H and O–H groups in total. The standard InChI is InChI=1S/C15H24N2O/c1-11-9-17(10-15(3,4)18-11)14-7-5-13(6-8-14)12(2)16/h5-8,11-12H,9-10,16H2,1-4H3. The molecule has 0 spiro atoms. The fourth-order valence-corrected chi connectivity index (χ4v) is 2.64. The topological polar surface area (TPSA) is 38.5 Å². The van der Waals surface area contributed by atoms with Gasteiger partial charge in [0.15, 0.2) is 0 Å². The summed E-state index contributed by atoms with van der Waals surface area (Å²) in [6.07, 6.45) is 0.266. The highest BCUT2D eigenvalue weighted by molar-refractivity contribution is 5.49. The first kappa shape index (κ1) is 13.4. The summed E-state index contributed by atoms with van der Waals surface area (Å²) < 4.78 is 5.93. The van der Waals surface area contributed by atoms with Crippen molar-refractivity contribution in [3.05, 3.63) is 29.8 Å². The van der Waals surface area contributed by atoms with E-state index in [1.165, 1.54) is 11.3 Å². The third-order valence-corrected chi connectivity index (χ3v) is 3.35. The van der Waals surface area contributed by atoms with Gasteiger partial charge in [0.05, 0.1) is 11.7 Å². The Morgan fingerprint density at radius 1 is 1.33 bits per heavy atom. The van der Waals surface area contributed by atoms with Gasteiger partial charge >= 0.3 is 0 Å². The van der Waals surface area contributed by atoms with Gasteiger partial charge in [0.2, 0.25) is 0 Å². The molecule has 3 heteroatoms. The fraction of sp³-hybridized carbons (Fsp3) is 0.600. The van der Waals surface area contributed by atoms with Crippen molar-refractivity contribution in [1.29, 1.82) is 0 Å². The van der Waals surface area contributed by atoms with Gasteiger partial charge < -0.3 is 15.4 Å². The predicted molar refractivity (Wildman–Crippen MR) is 75.9 cm³/mol. The maximum absolute atomic E-state index is 5.93. The molecule has 0 radical (unpaired) electrons. The number of nitrogens with zero attached hydrogens (tertiary/aromatic N) is 1. The highest BCUT2D eigenvalue weighted by Crippen LogP contribution is 2.26. The maximum Gasteiger partial charge on any atom is 0.0805 e. The zero-order chi connectivity index (χ0) is 13.3. The number of ether oxygens (including phenoxy) is 1. The molecule has 1 fully saturated rings. The van der Waals surface area contributed by atoms with Gasteiger partial charge in [-0.2, -0.15) is 0 Å². The van der Waals surface area contributed by atoms with Crippen LogP contribution in [0.1, 0.15) is 39.3 Å². The minimum atomic E-state index is -0.0858. The SMILES string of the molecule is CC1CN(c2ccc(C(C)N)cc2)CC(C)(C)O1. The van der Waals surface area contributed by atoms with E-state index >= 15 is 0 Å². The molecular formula is C15H24N2O. The van der Waals surface area contributed by atoms with E-state index in [0.717, 1.165) is 13.1 Å². The molecular weight excluding hydrogens is 224 g/mol. The number of nitrogens with two attached hydrogens (primary N) is 1. The lowest BCUT2D eigenvalue weighted by Gasteiger charge is -2.43. The lowest BCUT2D eigenvalue weighted by molar-refractivity contribution is -0.0749. The van der Waals surface area contributed by atoms with E-state index in [1.807, 2.05) is 6.92 Å². The van der Waals surface area contributed by atoms with Crippen molar-refractivity contribution in [3.8, 4) is 0 Å². The van der Waals surface area contributed by atoms with Gasteiger partial charge in [-0.1, -0.05) is 12.1 Å². The molecule has 1 aromatic carbocycles. The van der Waals surface area contributed by atoms with E-state index in [-0.39, 0.29) is 17.7 Å². The van der Waals surface area contributed by atoms with Gasteiger partial charge in [0.1, 0.15) is 0 Å². The first-order valence-corrected chi connectivity index (χ1v) is 6.66. The quantitative estimate of drug-likeness (QED) is 0.874. The maximum atomic E-state index is 5.93. The van der Waals surface area contributed by atoms with Crippen LogP contribution in [-0.2, 0) is 4.74 Å². The highest BCUT2D eigenvalue weighted by Gasteiger charge is 2.31. The molecule has 1 aliphatic rings. The van der Waals surface area contributed by atoms with Crippen molar-refractivity contribution in [2.45, 2.75) is 45.4 Å². The van der Waals surface area contributed by atoms with Crippen LogP contribution >= 0.6 is 0 Å². The minimum Gasteiger partial charge on any atom is -0.369 e. The Bertz CT molecular complexity index is 397. The van der Waals surface area contributed by atoms with Gasteiger partial charge in [0, 0.05) is 24.8 Å². The van der Waals surface area contributed by atoms with Gasteiger partial charge in [0.25, 0.3) is 0 Å². The van der Waals surface area contributed by atoms with Crippen molar-refractivity contribution in [3.63, 3.8) is 0 Å². The van der Waals surface area contributed by atoms with Crippen LogP contribution in [0.4, 0.5) is 5.69 Å². The molecule has 0 aromatic heterocycles. The normalized spacial score (nSPS) is 24.9. The zero-order valence-electron chi connectivity index (χ0n) is 11.8. The third-order valence-electron chi connectivity index (χ3n) is 3.35. The number of morpholine rings is 1. The van der Waals surface area contributed by atoms with Crippen molar-refractivity contribution in [1.82, 2.24) is 0 Å². The van der Waals surface area contributed by atoms with Gasteiger partial charge in [-0.25, -0.2) is 0 Å². The van der Waals surface area contributed by atoms with Gasteiger partial charge in [-0.05, 0) is 45.4 Å². The molecule has 2 rings (SSSR count). The van der Waals surface area contributed by atoms with E-state index in [1.54, 1.807) is 0 Å². The minimum absolute atomic E-state index is 0.0858. The largest absolute Gasteiger partial charge is 0.369 e. The number of hydrogen-bond donors (Lipinski definition) is 1. The molecule has 0 amide bonds. The molecule has 1 aromatic rings. The van der Waals surface area contributed by atoms with Crippen LogP contribution in [0, 0.1) is 0 Å². The molecule has 0 bridgehead atoms. The molecule has 1 saturated heterocycles. The molecule has 3 nitrogen and oxygen atoms in total. The predicted octanol–water partition coefficient (Wildman–Crippen LogP) is 2.71. The zero-order valence-corrected chi connectivity index (χ0v) is 11.8. The van der Waals surface area contributed by atoms with Crippen LogP contribution < -0.4 is 10.6 Å². The van der Waals surface area contributed by atoms with Crippen molar-refractivity contribution < 1.29 is 4.74 Å². The number of rotatable bonds is 2. The Balaban J connectivity index is 2.15. The second-order valence-corrected chi connectivity index (χ2v) is 5.95. The number of anilines is 1. The number of benzene rings is 1. The summed E-state index contributed by atoms with van der Waals surface area (Å²) >= 11 is 0. The van der Waals surface area contributed by atoms with E-state index in [4.69, 9.17) is 10.5 Å². The first-order valence-electron chi connectivity index (χ1n) is 6.66. The van der Waals surface area contributed by atoms with Crippen molar-refractivity contribution in [2.75, 3.05) is 18.0 Å². The van der Waals surface area contributed by atoms with Crippen LogP contribution in [0.25, 0.3) is 0 Å². The summed E-state index contributed by atoms with van der Waals surface area (Å²) in [5.41, 5.74) is 8.22. The van der Waals surface area contributed by atoms with E-state index in [2.05, 4.69) is 49.9 Å². The molecule has 18 heavy (non-hydrogen) atoms. The second kappa shape index (κ2) is 4.90. The monoisotopic (exact) mass is 248 g/mol. The Kier molecular flexibility index (Phi) is 3.64. The van der Waals surface area contributed by atoms with Gasteiger partial charge in [-0.3, -0.25) is 0 Å². The Morgan fingerprint density at radius 2 is 1.94 bits per heavy atom. The van der Waals surface area contributed by atoms with E-state index in [9.17, 15) is 0 Å². The summed E-state index contributed by atoms with van der Waals surface area (Å²) in [6, 6.07) is 8.65.